The number of carbonyl (C=O) groups is 1. The zero-order chi connectivity index (χ0) is 11.0. The number of pyridine rings is 1. The van der Waals surface area contributed by atoms with Crippen molar-refractivity contribution in [2.75, 3.05) is 0 Å². The van der Waals surface area contributed by atoms with E-state index in [0.29, 0.717) is 12.0 Å². The van der Waals surface area contributed by atoms with Crippen LogP contribution < -0.4 is 0 Å². The van der Waals surface area contributed by atoms with Crippen molar-refractivity contribution < 1.29 is 13.6 Å². The molecular weight excluding hydrogens is 200 g/mol. The highest BCUT2D eigenvalue weighted by Crippen LogP contribution is 2.21. The largest absolute Gasteiger partial charge is 0.298 e. The SMILES string of the molecule is Cc1cc(C=O)c2cc(F)cc(F)c2n1. The van der Waals surface area contributed by atoms with Gasteiger partial charge in [-0.15, -0.1) is 0 Å². The minimum atomic E-state index is -0.753. The molecule has 0 N–H and O–H groups in total. The number of benzene rings is 1. The van der Waals surface area contributed by atoms with Crippen molar-refractivity contribution in [2.45, 2.75) is 6.92 Å². The van der Waals surface area contributed by atoms with E-state index in [1.54, 1.807) is 6.92 Å². The fourth-order valence-electron chi connectivity index (χ4n) is 1.51. The van der Waals surface area contributed by atoms with E-state index >= 15 is 0 Å². The first-order valence-corrected chi connectivity index (χ1v) is 4.33. The molecule has 0 aliphatic rings. The number of aldehydes is 1. The molecule has 1 aromatic heterocycles. The molecule has 0 spiro atoms. The number of carbonyl (C=O) groups excluding carboxylic acids is 1. The van der Waals surface area contributed by atoms with Gasteiger partial charge in [-0.05, 0) is 19.1 Å². The molecule has 4 heteroatoms. The molecule has 2 aromatic rings. The first-order chi connectivity index (χ1) is 7.11. The van der Waals surface area contributed by atoms with E-state index in [1.807, 2.05) is 0 Å². The molecule has 2 rings (SSSR count). The summed E-state index contributed by atoms with van der Waals surface area (Å²) in [5.41, 5.74) is 0.796. The maximum absolute atomic E-state index is 13.3. The van der Waals surface area contributed by atoms with E-state index in [0.717, 1.165) is 12.1 Å². The van der Waals surface area contributed by atoms with Crippen LogP contribution in [0.4, 0.5) is 8.78 Å². The molecular formula is C11H7F2NO. The lowest BCUT2D eigenvalue weighted by Gasteiger charge is -2.03. The van der Waals surface area contributed by atoms with E-state index < -0.39 is 11.6 Å². The van der Waals surface area contributed by atoms with Gasteiger partial charge in [0.05, 0.1) is 0 Å². The van der Waals surface area contributed by atoms with Crippen LogP contribution in [-0.2, 0) is 0 Å². The van der Waals surface area contributed by atoms with Gasteiger partial charge in [0.1, 0.15) is 11.3 Å². The second-order valence-corrected chi connectivity index (χ2v) is 3.25. The average molecular weight is 207 g/mol. The number of aryl methyl sites for hydroxylation is 1. The number of hydrogen-bond acceptors (Lipinski definition) is 2. The van der Waals surface area contributed by atoms with Gasteiger partial charge in [0.15, 0.2) is 12.1 Å². The van der Waals surface area contributed by atoms with Gasteiger partial charge in [0.2, 0.25) is 0 Å². The standard InChI is InChI=1S/C11H7F2NO/c1-6-2-7(5-15)9-3-8(12)4-10(13)11(9)14-6/h2-5H,1H3. The van der Waals surface area contributed by atoms with Gasteiger partial charge in [-0.2, -0.15) is 0 Å². The quantitative estimate of drug-likeness (QED) is 0.673. The van der Waals surface area contributed by atoms with Crippen molar-refractivity contribution in [1.29, 1.82) is 0 Å². The number of aromatic nitrogens is 1. The summed E-state index contributed by atoms with van der Waals surface area (Å²) in [6.07, 6.45) is 0.565. The van der Waals surface area contributed by atoms with Gasteiger partial charge in [-0.1, -0.05) is 0 Å². The van der Waals surface area contributed by atoms with Crippen LogP contribution in [-0.4, -0.2) is 11.3 Å². The van der Waals surface area contributed by atoms with Gasteiger partial charge < -0.3 is 0 Å². The smallest absolute Gasteiger partial charge is 0.152 e. The van der Waals surface area contributed by atoms with Crippen molar-refractivity contribution in [1.82, 2.24) is 4.98 Å². The monoisotopic (exact) mass is 207 g/mol. The first-order valence-electron chi connectivity index (χ1n) is 4.33. The predicted octanol–water partition coefficient (Wildman–Crippen LogP) is 2.63. The van der Waals surface area contributed by atoms with Crippen molar-refractivity contribution in [3.05, 3.63) is 41.1 Å². The molecule has 0 amide bonds. The van der Waals surface area contributed by atoms with E-state index in [2.05, 4.69) is 4.98 Å². The fraction of sp³-hybridized carbons (Fsp3) is 0.0909. The average Bonchev–Trinajstić information content (AvgIpc) is 2.18. The van der Waals surface area contributed by atoms with Gasteiger partial charge >= 0.3 is 0 Å². The molecule has 0 saturated carbocycles. The lowest BCUT2D eigenvalue weighted by Crippen LogP contribution is -1.94. The molecule has 1 aromatic carbocycles. The summed E-state index contributed by atoms with van der Waals surface area (Å²) in [7, 11) is 0. The van der Waals surface area contributed by atoms with Gasteiger partial charge in [-0.3, -0.25) is 4.79 Å². The minimum absolute atomic E-state index is 0.0264. The van der Waals surface area contributed by atoms with E-state index in [1.165, 1.54) is 6.07 Å². The van der Waals surface area contributed by atoms with Crippen LogP contribution in [0.2, 0.25) is 0 Å². The summed E-state index contributed by atoms with van der Waals surface area (Å²) in [4.78, 5) is 14.6. The summed E-state index contributed by atoms with van der Waals surface area (Å²) < 4.78 is 26.3. The van der Waals surface area contributed by atoms with E-state index in [-0.39, 0.29) is 16.5 Å². The van der Waals surface area contributed by atoms with E-state index in [4.69, 9.17) is 0 Å². The Kier molecular flexibility index (Phi) is 2.19. The van der Waals surface area contributed by atoms with Crippen LogP contribution in [0.5, 0.6) is 0 Å². The van der Waals surface area contributed by atoms with Crippen molar-refractivity contribution in [2.24, 2.45) is 0 Å². The van der Waals surface area contributed by atoms with Crippen molar-refractivity contribution in [3.8, 4) is 0 Å². The lowest BCUT2D eigenvalue weighted by molar-refractivity contribution is 0.112. The number of halogens is 2. The van der Waals surface area contributed by atoms with Crippen molar-refractivity contribution >= 4 is 17.2 Å². The molecule has 15 heavy (non-hydrogen) atoms. The normalized spacial score (nSPS) is 10.6. The van der Waals surface area contributed by atoms with Crippen LogP contribution in [0.1, 0.15) is 16.1 Å². The molecule has 0 fully saturated rings. The minimum Gasteiger partial charge on any atom is -0.298 e. The molecule has 1 heterocycles. The molecule has 0 radical (unpaired) electrons. The summed E-state index contributed by atoms with van der Waals surface area (Å²) >= 11 is 0. The topological polar surface area (TPSA) is 30.0 Å². The summed E-state index contributed by atoms with van der Waals surface area (Å²) in [6.45, 7) is 1.65. The molecule has 0 saturated heterocycles. The molecule has 0 bridgehead atoms. The maximum atomic E-state index is 13.3. The van der Waals surface area contributed by atoms with Crippen LogP contribution in [0.15, 0.2) is 18.2 Å². The van der Waals surface area contributed by atoms with Crippen LogP contribution in [0, 0.1) is 18.6 Å². The zero-order valence-corrected chi connectivity index (χ0v) is 7.92. The highest BCUT2D eigenvalue weighted by atomic mass is 19.1. The Labute approximate surface area is 84.6 Å². The number of rotatable bonds is 1. The Balaban J connectivity index is 2.95. The van der Waals surface area contributed by atoms with Gasteiger partial charge in [0.25, 0.3) is 0 Å². The van der Waals surface area contributed by atoms with Crippen LogP contribution in [0.25, 0.3) is 10.9 Å². The summed E-state index contributed by atoms with van der Waals surface area (Å²) in [5.74, 6) is -1.47. The number of hydrogen-bond donors (Lipinski definition) is 0. The third-order valence-corrected chi connectivity index (χ3v) is 2.12. The Morgan fingerprint density at radius 2 is 2.00 bits per heavy atom. The second kappa shape index (κ2) is 3.38. The predicted molar refractivity (Wildman–Crippen MR) is 51.8 cm³/mol. The Hall–Kier alpha value is -1.84. The van der Waals surface area contributed by atoms with E-state index in [9.17, 15) is 13.6 Å². The third-order valence-electron chi connectivity index (χ3n) is 2.12. The fourth-order valence-corrected chi connectivity index (χ4v) is 1.51. The highest BCUT2D eigenvalue weighted by molar-refractivity contribution is 5.96. The van der Waals surface area contributed by atoms with Gasteiger partial charge in [-0.25, -0.2) is 13.8 Å². The van der Waals surface area contributed by atoms with Crippen LogP contribution >= 0.6 is 0 Å². The zero-order valence-electron chi connectivity index (χ0n) is 7.92. The summed E-state index contributed by atoms with van der Waals surface area (Å²) in [5, 5.41) is 0.202. The Bertz CT molecular complexity index is 552. The number of fused-ring (bicyclic) bond motifs is 1. The Morgan fingerprint density at radius 1 is 1.27 bits per heavy atom. The molecule has 2 nitrogen and oxygen atoms in total. The molecule has 0 atom stereocenters. The number of nitrogens with zero attached hydrogens (tertiary/aromatic N) is 1. The second-order valence-electron chi connectivity index (χ2n) is 3.25. The Morgan fingerprint density at radius 3 is 2.67 bits per heavy atom. The van der Waals surface area contributed by atoms with Crippen molar-refractivity contribution in [3.63, 3.8) is 0 Å². The lowest BCUT2D eigenvalue weighted by atomic mass is 10.1. The maximum Gasteiger partial charge on any atom is 0.152 e. The molecule has 0 aliphatic heterocycles. The van der Waals surface area contributed by atoms with Gasteiger partial charge in [0, 0.05) is 22.7 Å². The molecule has 76 valence electrons. The summed E-state index contributed by atoms with van der Waals surface area (Å²) in [6, 6.07) is 3.35. The molecule has 0 unspecified atom stereocenters. The highest BCUT2D eigenvalue weighted by Gasteiger charge is 2.09. The molecule has 0 aliphatic carbocycles. The third kappa shape index (κ3) is 1.58. The first kappa shape index (κ1) is 9.71. The van der Waals surface area contributed by atoms with Crippen LogP contribution in [0.3, 0.4) is 0 Å².